The van der Waals surface area contributed by atoms with Crippen LogP contribution in [0.1, 0.15) is 38.1 Å². The molecule has 2 rings (SSSR count). The van der Waals surface area contributed by atoms with E-state index in [1.54, 1.807) is 0 Å². The van der Waals surface area contributed by atoms with Gasteiger partial charge in [-0.05, 0) is 45.9 Å². The molecule has 0 bridgehead atoms. The molecular formula is C13H15BrN2S. The second-order valence-electron chi connectivity index (χ2n) is 4.03. The van der Waals surface area contributed by atoms with Gasteiger partial charge in [-0.15, -0.1) is 0 Å². The number of rotatable bonds is 4. The molecule has 90 valence electrons. The van der Waals surface area contributed by atoms with Gasteiger partial charge in [0.2, 0.25) is 0 Å². The third-order valence-electron chi connectivity index (χ3n) is 3.36. The van der Waals surface area contributed by atoms with E-state index >= 15 is 0 Å². The van der Waals surface area contributed by atoms with Gasteiger partial charge in [-0.3, -0.25) is 0 Å². The molecule has 1 aromatic heterocycles. The first kappa shape index (κ1) is 12.7. The molecule has 0 saturated carbocycles. The van der Waals surface area contributed by atoms with E-state index in [2.05, 4.69) is 63.4 Å². The Morgan fingerprint density at radius 3 is 2.29 bits per heavy atom. The molecule has 0 spiro atoms. The summed E-state index contributed by atoms with van der Waals surface area (Å²) >= 11 is 4.81. The summed E-state index contributed by atoms with van der Waals surface area (Å²) in [5.74, 6) is 0.936. The van der Waals surface area contributed by atoms with Crippen LogP contribution >= 0.6 is 27.5 Å². The van der Waals surface area contributed by atoms with E-state index in [4.69, 9.17) is 0 Å². The summed E-state index contributed by atoms with van der Waals surface area (Å²) in [6.07, 6.45) is 2.02. The van der Waals surface area contributed by atoms with Crippen LogP contribution in [0, 0.1) is 0 Å². The summed E-state index contributed by atoms with van der Waals surface area (Å²) in [5, 5.41) is 0. The van der Waals surface area contributed by atoms with Crippen molar-refractivity contribution >= 4 is 27.5 Å². The zero-order chi connectivity index (χ0) is 12.3. The predicted octanol–water partition coefficient (Wildman–Crippen LogP) is 4.41. The molecule has 0 radical (unpaired) electrons. The van der Waals surface area contributed by atoms with Gasteiger partial charge in [0, 0.05) is 0 Å². The Morgan fingerprint density at radius 2 is 1.82 bits per heavy atom. The Kier molecular flexibility index (Phi) is 3.94. The predicted molar refractivity (Wildman–Crippen MR) is 75.4 cm³/mol. The summed E-state index contributed by atoms with van der Waals surface area (Å²) in [5.41, 5.74) is 1.25. The third-order valence-corrected chi connectivity index (χ3v) is 4.48. The normalized spacial score (nSPS) is 11.7. The molecule has 1 heterocycles. The average molecular weight is 311 g/mol. The fourth-order valence-electron chi connectivity index (χ4n) is 2.26. The van der Waals surface area contributed by atoms with Crippen molar-refractivity contribution in [2.45, 2.75) is 32.1 Å². The average Bonchev–Trinajstić information content (AvgIpc) is 2.80. The van der Waals surface area contributed by atoms with E-state index in [-0.39, 0.29) is 5.41 Å². The molecule has 0 atom stereocenters. The Morgan fingerprint density at radius 1 is 1.18 bits per heavy atom. The van der Waals surface area contributed by atoms with Crippen LogP contribution in [0.3, 0.4) is 0 Å². The fraction of sp³-hybridized carbons (Fsp3) is 0.385. The summed E-state index contributed by atoms with van der Waals surface area (Å²) in [6.45, 7) is 4.40. The van der Waals surface area contributed by atoms with Gasteiger partial charge in [-0.2, -0.15) is 4.37 Å². The summed E-state index contributed by atoms with van der Waals surface area (Å²) in [4.78, 5) is 4.53. The number of hydrogen-bond acceptors (Lipinski definition) is 3. The van der Waals surface area contributed by atoms with Crippen molar-refractivity contribution in [3.05, 3.63) is 45.6 Å². The lowest BCUT2D eigenvalue weighted by Gasteiger charge is -2.29. The third kappa shape index (κ3) is 2.29. The van der Waals surface area contributed by atoms with Gasteiger partial charge in [-0.25, -0.2) is 4.98 Å². The van der Waals surface area contributed by atoms with Gasteiger partial charge < -0.3 is 0 Å². The van der Waals surface area contributed by atoms with E-state index < -0.39 is 0 Å². The molecule has 0 aliphatic carbocycles. The van der Waals surface area contributed by atoms with Gasteiger partial charge in [-0.1, -0.05) is 44.2 Å². The summed E-state index contributed by atoms with van der Waals surface area (Å²) in [7, 11) is 0. The Labute approximate surface area is 114 Å². The van der Waals surface area contributed by atoms with E-state index in [0.29, 0.717) is 0 Å². The highest BCUT2D eigenvalue weighted by molar-refractivity contribution is 9.11. The number of nitrogens with zero attached hydrogens (tertiary/aromatic N) is 2. The van der Waals surface area contributed by atoms with E-state index in [0.717, 1.165) is 22.6 Å². The van der Waals surface area contributed by atoms with Gasteiger partial charge in [0.15, 0.2) is 9.74 Å². The van der Waals surface area contributed by atoms with Crippen molar-refractivity contribution in [3.8, 4) is 0 Å². The minimum Gasteiger partial charge on any atom is -0.211 e. The second-order valence-corrected chi connectivity index (χ2v) is 6.05. The number of aromatic nitrogens is 2. The van der Waals surface area contributed by atoms with Crippen LogP contribution in [0.15, 0.2) is 34.2 Å². The molecule has 0 unspecified atom stereocenters. The second kappa shape index (κ2) is 5.27. The van der Waals surface area contributed by atoms with Crippen molar-refractivity contribution in [1.29, 1.82) is 0 Å². The molecule has 0 fully saturated rings. The van der Waals surface area contributed by atoms with E-state index in [1.807, 2.05) is 6.07 Å². The highest BCUT2D eigenvalue weighted by Crippen LogP contribution is 2.37. The zero-order valence-electron chi connectivity index (χ0n) is 9.98. The molecule has 0 saturated heterocycles. The fourth-order valence-corrected chi connectivity index (χ4v) is 3.15. The lowest BCUT2D eigenvalue weighted by atomic mass is 9.75. The topological polar surface area (TPSA) is 25.8 Å². The molecular weight excluding hydrogens is 296 g/mol. The number of halogens is 1. The molecule has 0 amide bonds. The molecule has 0 N–H and O–H groups in total. The van der Waals surface area contributed by atoms with E-state index in [1.165, 1.54) is 17.1 Å². The molecule has 0 aliphatic heterocycles. The minimum atomic E-state index is -0.0518. The Balaban J connectivity index is 2.53. The first-order valence-electron chi connectivity index (χ1n) is 5.78. The highest BCUT2D eigenvalue weighted by atomic mass is 79.9. The van der Waals surface area contributed by atoms with Gasteiger partial charge in [0.05, 0.1) is 5.41 Å². The zero-order valence-corrected chi connectivity index (χ0v) is 12.4. The molecule has 4 heteroatoms. The van der Waals surface area contributed by atoms with Crippen LogP contribution in [0.25, 0.3) is 0 Å². The van der Waals surface area contributed by atoms with Gasteiger partial charge >= 0.3 is 0 Å². The summed E-state index contributed by atoms with van der Waals surface area (Å²) < 4.78 is 5.35. The molecule has 2 aromatic rings. The van der Waals surface area contributed by atoms with Crippen molar-refractivity contribution < 1.29 is 0 Å². The highest BCUT2D eigenvalue weighted by Gasteiger charge is 2.34. The van der Waals surface area contributed by atoms with Crippen LogP contribution in [-0.2, 0) is 5.41 Å². The van der Waals surface area contributed by atoms with Crippen molar-refractivity contribution in [3.63, 3.8) is 0 Å². The molecule has 1 aromatic carbocycles. The summed E-state index contributed by atoms with van der Waals surface area (Å²) in [6, 6.07) is 10.5. The molecule has 2 nitrogen and oxygen atoms in total. The maximum absolute atomic E-state index is 4.53. The van der Waals surface area contributed by atoms with Crippen LogP contribution in [0.5, 0.6) is 0 Å². The lowest BCUT2D eigenvalue weighted by Crippen LogP contribution is -2.27. The molecule has 17 heavy (non-hydrogen) atoms. The maximum atomic E-state index is 4.53. The van der Waals surface area contributed by atoms with Crippen LogP contribution in [0.2, 0.25) is 0 Å². The van der Waals surface area contributed by atoms with Gasteiger partial charge in [0.1, 0.15) is 0 Å². The Bertz CT molecular complexity index is 477. The van der Waals surface area contributed by atoms with Crippen molar-refractivity contribution in [2.75, 3.05) is 0 Å². The Hall–Kier alpha value is -0.740. The van der Waals surface area contributed by atoms with Crippen molar-refractivity contribution in [1.82, 2.24) is 9.36 Å². The van der Waals surface area contributed by atoms with Crippen LogP contribution < -0.4 is 0 Å². The quantitative estimate of drug-likeness (QED) is 0.836. The smallest absolute Gasteiger partial charge is 0.179 e. The SMILES string of the molecule is CCC(CC)(c1ccccc1)c1nsc(Br)n1. The monoisotopic (exact) mass is 310 g/mol. The lowest BCUT2D eigenvalue weighted by molar-refractivity contribution is 0.454. The minimum absolute atomic E-state index is 0.0518. The number of benzene rings is 1. The maximum Gasteiger partial charge on any atom is 0.179 e. The standard InChI is InChI=1S/C13H15BrN2S/c1-3-13(4-2,10-8-6-5-7-9-10)11-15-12(14)17-16-11/h5-9H,3-4H2,1-2H3. The van der Waals surface area contributed by atoms with Crippen LogP contribution in [0.4, 0.5) is 0 Å². The van der Waals surface area contributed by atoms with Crippen LogP contribution in [-0.4, -0.2) is 9.36 Å². The van der Waals surface area contributed by atoms with E-state index in [9.17, 15) is 0 Å². The molecule has 0 aliphatic rings. The first-order valence-corrected chi connectivity index (χ1v) is 7.34. The van der Waals surface area contributed by atoms with Gasteiger partial charge in [0.25, 0.3) is 0 Å². The largest absolute Gasteiger partial charge is 0.211 e. The first-order chi connectivity index (χ1) is 8.23. The number of hydrogen-bond donors (Lipinski definition) is 0. The van der Waals surface area contributed by atoms with Crippen molar-refractivity contribution in [2.24, 2.45) is 0 Å².